The summed E-state index contributed by atoms with van der Waals surface area (Å²) in [6.45, 7) is 2.76. The number of ether oxygens (including phenoxy) is 1. The van der Waals surface area contributed by atoms with Gasteiger partial charge in [0, 0.05) is 25.1 Å². The van der Waals surface area contributed by atoms with Crippen molar-refractivity contribution in [3.8, 4) is 11.5 Å². The summed E-state index contributed by atoms with van der Waals surface area (Å²) in [6, 6.07) is 21.3. The fraction of sp³-hybridized carbons (Fsp3) is 0.200. The predicted molar refractivity (Wildman–Crippen MR) is 131 cm³/mol. The molecule has 1 amide bonds. The molecule has 0 radical (unpaired) electrons. The van der Waals surface area contributed by atoms with Crippen molar-refractivity contribution < 1.29 is 17.9 Å². The van der Waals surface area contributed by atoms with E-state index in [-0.39, 0.29) is 17.2 Å². The van der Waals surface area contributed by atoms with Gasteiger partial charge in [-0.15, -0.1) is 0 Å². The molecule has 3 aromatic carbocycles. The maximum atomic E-state index is 12.6. The molecular formula is C25H26N4O4S. The maximum absolute atomic E-state index is 12.6. The largest absolute Gasteiger partial charge is 0.457 e. The highest BCUT2D eigenvalue weighted by molar-refractivity contribution is 7.89. The molecule has 1 heterocycles. The minimum Gasteiger partial charge on any atom is -0.457 e. The summed E-state index contributed by atoms with van der Waals surface area (Å²) in [5.41, 5.74) is 2.04. The second-order valence-electron chi connectivity index (χ2n) is 7.86. The van der Waals surface area contributed by atoms with Crippen LogP contribution in [0, 0.1) is 0 Å². The van der Waals surface area contributed by atoms with Crippen molar-refractivity contribution in [1.29, 1.82) is 0 Å². The number of fused-ring (bicyclic) bond motifs is 1. The Labute approximate surface area is 198 Å². The lowest BCUT2D eigenvalue weighted by atomic mass is 10.2. The monoisotopic (exact) mass is 478 g/mol. The molecule has 0 spiro atoms. The van der Waals surface area contributed by atoms with Crippen molar-refractivity contribution in [2.75, 3.05) is 5.32 Å². The van der Waals surface area contributed by atoms with Crippen LogP contribution in [0.25, 0.3) is 11.0 Å². The van der Waals surface area contributed by atoms with Crippen LogP contribution in [-0.4, -0.2) is 23.9 Å². The van der Waals surface area contributed by atoms with E-state index in [4.69, 9.17) is 9.88 Å². The Bertz CT molecular complexity index is 1400. The van der Waals surface area contributed by atoms with Gasteiger partial charge in [0.05, 0.1) is 15.9 Å². The van der Waals surface area contributed by atoms with E-state index in [1.165, 1.54) is 12.1 Å². The first-order valence-electron chi connectivity index (χ1n) is 11.0. The van der Waals surface area contributed by atoms with Crippen molar-refractivity contribution in [3.05, 3.63) is 78.6 Å². The van der Waals surface area contributed by atoms with Gasteiger partial charge in [0.2, 0.25) is 15.9 Å². The van der Waals surface area contributed by atoms with Gasteiger partial charge < -0.3 is 14.6 Å². The fourth-order valence-electron chi connectivity index (χ4n) is 3.68. The minimum absolute atomic E-state index is 0.0186. The molecule has 9 heteroatoms. The van der Waals surface area contributed by atoms with E-state index in [1.807, 2.05) is 41.8 Å². The number of anilines is 1. The van der Waals surface area contributed by atoms with Gasteiger partial charge >= 0.3 is 0 Å². The van der Waals surface area contributed by atoms with Gasteiger partial charge in [-0.2, -0.15) is 0 Å². The summed E-state index contributed by atoms with van der Waals surface area (Å²) in [5.74, 6) is 2.00. The normalized spacial score (nSPS) is 11.5. The number of hydrogen-bond donors (Lipinski definition) is 2. The van der Waals surface area contributed by atoms with Gasteiger partial charge in [-0.3, -0.25) is 4.79 Å². The van der Waals surface area contributed by atoms with Crippen molar-refractivity contribution in [2.24, 2.45) is 5.14 Å². The number of carbonyl (C=O) groups excluding carboxylic acids is 1. The first kappa shape index (κ1) is 23.5. The first-order chi connectivity index (χ1) is 16.3. The zero-order valence-electron chi connectivity index (χ0n) is 18.8. The van der Waals surface area contributed by atoms with Crippen molar-refractivity contribution in [1.82, 2.24) is 9.55 Å². The van der Waals surface area contributed by atoms with E-state index in [1.54, 1.807) is 30.3 Å². The molecule has 0 saturated heterocycles. The number of para-hydroxylation sites is 1. The Balaban J connectivity index is 1.42. The molecule has 3 N–H and O–H groups in total. The van der Waals surface area contributed by atoms with E-state index in [9.17, 15) is 13.2 Å². The number of primary sulfonamides is 1. The Kier molecular flexibility index (Phi) is 6.95. The molecule has 1 aromatic heterocycles. The molecule has 34 heavy (non-hydrogen) atoms. The number of nitrogens with one attached hydrogen (secondary N) is 1. The van der Waals surface area contributed by atoms with Crippen molar-refractivity contribution in [2.45, 2.75) is 37.6 Å². The quantitative estimate of drug-likeness (QED) is 0.368. The molecule has 0 atom stereocenters. The number of nitrogens with two attached hydrogens (primary N) is 1. The molecule has 0 bridgehead atoms. The summed E-state index contributed by atoms with van der Waals surface area (Å²) >= 11 is 0. The third-order valence-electron chi connectivity index (χ3n) is 5.27. The first-order valence-corrected chi connectivity index (χ1v) is 12.5. The molecule has 176 valence electrons. The average Bonchev–Trinajstić information content (AvgIpc) is 3.16. The lowest BCUT2D eigenvalue weighted by Gasteiger charge is -2.09. The lowest BCUT2D eigenvalue weighted by molar-refractivity contribution is -0.116. The number of sulfonamides is 1. The molecule has 0 aliphatic rings. The van der Waals surface area contributed by atoms with Crippen molar-refractivity contribution in [3.63, 3.8) is 0 Å². The van der Waals surface area contributed by atoms with Crippen LogP contribution in [0.4, 0.5) is 5.69 Å². The van der Waals surface area contributed by atoms with Crippen LogP contribution in [0.3, 0.4) is 0 Å². The minimum atomic E-state index is -3.81. The van der Waals surface area contributed by atoms with E-state index in [2.05, 4.69) is 10.3 Å². The number of carbonyl (C=O) groups is 1. The van der Waals surface area contributed by atoms with Gasteiger partial charge in [0.15, 0.2) is 0 Å². The third kappa shape index (κ3) is 5.62. The van der Waals surface area contributed by atoms with Crippen LogP contribution in [0.1, 0.15) is 25.6 Å². The molecular weight excluding hydrogens is 452 g/mol. The van der Waals surface area contributed by atoms with E-state index >= 15 is 0 Å². The highest BCUT2D eigenvalue weighted by Gasteiger charge is 2.15. The molecule has 0 fully saturated rings. The smallest absolute Gasteiger partial charge is 0.238 e. The topological polar surface area (TPSA) is 116 Å². The highest BCUT2D eigenvalue weighted by Crippen LogP contribution is 2.24. The van der Waals surface area contributed by atoms with Gasteiger partial charge in [0.1, 0.15) is 17.3 Å². The Hall–Kier alpha value is -3.69. The van der Waals surface area contributed by atoms with Crippen LogP contribution in [-0.2, 0) is 27.8 Å². The number of rotatable bonds is 9. The van der Waals surface area contributed by atoms with Crippen LogP contribution in [0.15, 0.2) is 77.7 Å². The number of benzene rings is 3. The third-order valence-corrected chi connectivity index (χ3v) is 6.18. The second kappa shape index (κ2) is 10.1. The van der Waals surface area contributed by atoms with Gasteiger partial charge in [-0.1, -0.05) is 25.1 Å². The molecule has 4 rings (SSSR count). The standard InChI is InChI=1S/C25H26N4O4S/c1-2-16-29-23-13-12-21(34(26,31)32)17-22(23)28-24(29)14-15-25(30)27-18-8-10-20(11-9-18)33-19-6-4-3-5-7-19/h3-13,17H,2,14-16H2,1H3,(H,27,30)(H2,26,31,32). The summed E-state index contributed by atoms with van der Waals surface area (Å²) in [4.78, 5) is 17.2. The number of nitrogens with zero attached hydrogens (tertiary/aromatic N) is 2. The predicted octanol–water partition coefficient (Wildman–Crippen LogP) is 4.46. The van der Waals surface area contributed by atoms with Crippen molar-refractivity contribution >= 4 is 32.7 Å². The second-order valence-corrected chi connectivity index (χ2v) is 9.42. The van der Waals surface area contributed by atoms with Gasteiger partial charge in [0.25, 0.3) is 0 Å². The van der Waals surface area contributed by atoms with E-state index in [0.717, 1.165) is 23.5 Å². The SMILES string of the molecule is CCCn1c(CCC(=O)Nc2ccc(Oc3ccccc3)cc2)nc2cc(S(N)(=O)=O)ccc21. The van der Waals surface area contributed by atoms with Crippen LogP contribution in [0.2, 0.25) is 0 Å². The fourth-order valence-corrected chi connectivity index (χ4v) is 4.21. The lowest BCUT2D eigenvalue weighted by Crippen LogP contribution is -2.14. The van der Waals surface area contributed by atoms with E-state index < -0.39 is 10.0 Å². The van der Waals surface area contributed by atoms with Crippen LogP contribution in [0.5, 0.6) is 11.5 Å². The zero-order valence-corrected chi connectivity index (χ0v) is 19.6. The number of amides is 1. The van der Waals surface area contributed by atoms with E-state index in [0.29, 0.717) is 29.9 Å². The molecule has 4 aromatic rings. The number of hydrogen-bond acceptors (Lipinski definition) is 5. The molecule has 0 unspecified atom stereocenters. The molecule has 0 saturated carbocycles. The zero-order chi connectivity index (χ0) is 24.1. The summed E-state index contributed by atoms with van der Waals surface area (Å²) < 4.78 is 31.1. The molecule has 0 aliphatic carbocycles. The maximum Gasteiger partial charge on any atom is 0.238 e. The van der Waals surface area contributed by atoms with Gasteiger partial charge in [-0.05, 0) is 61.0 Å². The number of aromatic nitrogens is 2. The number of aryl methyl sites for hydroxylation is 2. The highest BCUT2D eigenvalue weighted by atomic mass is 32.2. The average molecular weight is 479 g/mol. The Morgan fingerprint density at radius 2 is 1.74 bits per heavy atom. The Morgan fingerprint density at radius 1 is 1.03 bits per heavy atom. The van der Waals surface area contributed by atoms with Crippen LogP contribution < -0.4 is 15.2 Å². The molecule has 0 aliphatic heterocycles. The summed E-state index contributed by atoms with van der Waals surface area (Å²) in [6.07, 6.45) is 1.52. The van der Waals surface area contributed by atoms with Gasteiger partial charge in [-0.25, -0.2) is 18.5 Å². The Morgan fingerprint density at radius 3 is 2.41 bits per heavy atom. The number of imidazole rings is 1. The van der Waals surface area contributed by atoms with Crippen LogP contribution >= 0.6 is 0 Å². The summed E-state index contributed by atoms with van der Waals surface area (Å²) in [5, 5.41) is 8.14. The molecule has 8 nitrogen and oxygen atoms in total. The summed E-state index contributed by atoms with van der Waals surface area (Å²) in [7, 11) is -3.81.